The zero-order valence-corrected chi connectivity index (χ0v) is 19.3. The predicted molar refractivity (Wildman–Crippen MR) is 129 cm³/mol. The summed E-state index contributed by atoms with van der Waals surface area (Å²) in [5.41, 5.74) is 2.43. The van der Waals surface area contributed by atoms with Gasteiger partial charge in [0.25, 0.3) is 5.91 Å². The average Bonchev–Trinajstić information content (AvgIpc) is 3.20. The van der Waals surface area contributed by atoms with Gasteiger partial charge in [-0.2, -0.15) is 13.2 Å². The lowest BCUT2D eigenvalue weighted by atomic mass is 10.1. The Hall–Kier alpha value is -3.46. The number of carbonyl (C=O) groups excluding carboxylic acids is 2. The van der Waals surface area contributed by atoms with E-state index in [9.17, 15) is 22.8 Å². The molecule has 5 nitrogen and oxygen atoms in total. The monoisotopic (exact) mass is 485 g/mol. The zero-order chi connectivity index (χ0) is 24.5. The summed E-state index contributed by atoms with van der Waals surface area (Å²) < 4.78 is 38.3. The molecule has 0 aliphatic carbocycles. The minimum Gasteiger partial charge on any atom is -0.378 e. The Morgan fingerprint density at radius 2 is 1.71 bits per heavy atom. The van der Waals surface area contributed by atoms with Crippen molar-refractivity contribution in [2.24, 2.45) is 0 Å². The molecule has 1 N–H and O–H groups in total. The number of alkyl halides is 3. The summed E-state index contributed by atoms with van der Waals surface area (Å²) in [6, 6.07) is 18.9. The molecule has 1 aliphatic rings. The molecule has 1 saturated heterocycles. The Morgan fingerprint density at radius 3 is 2.32 bits per heavy atom. The van der Waals surface area contributed by atoms with Gasteiger partial charge in [-0.15, -0.1) is 11.8 Å². The summed E-state index contributed by atoms with van der Waals surface area (Å²) in [5.74, 6) is -0.189. The molecular weight excluding hydrogens is 463 g/mol. The van der Waals surface area contributed by atoms with Crippen molar-refractivity contribution in [2.45, 2.75) is 11.6 Å². The first-order valence-electron chi connectivity index (χ1n) is 10.4. The Morgan fingerprint density at radius 1 is 1.03 bits per heavy atom. The quantitative estimate of drug-likeness (QED) is 0.496. The molecule has 1 unspecified atom stereocenters. The molecule has 0 spiro atoms. The summed E-state index contributed by atoms with van der Waals surface area (Å²) in [6.07, 6.45) is -4.46. The van der Waals surface area contributed by atoms with Crippen LogP contribution in [0.25, 0.3) is 0 Å². The highest BCUT2D eigenvalue weighted by atomic mass is 32.2. The van der Waals surface area contributed by atoms with Gasteiger partial charge in [0.15, 0.2) is 0 Å². The van der Waals surface area contributed by atoms with Crippen molar-refractivity contribution >= 4 is 40.6 Å². The van der Waals surface area contributed by atoms with E-state index in [4.69, 9.17) is 0 Å². The first kappa shape index (κ1) is 23.7. The Labute approximate surface area is 199 Å². The third-order valence-electron chi connectivity index (χ3n) is 5.42. The van der Waals surface area contributed by atoms with E-state index < -0.39 is 17.6 Å². The molecule has 1 heterocycles. The molecule has 1 aliphatic heterocycles. The molecule has 3 aromatic carbocycles. The maximum Gasteiger partial charge on any atom is 0.416 e. The van der Waals surface area contributed by atoms with Crippen LogP contribution in [0.4, 0.5) is 30.2 Å². The van der Waals surface area contributed by atoms with Crippen LogP contribution in [-0.2, 0) is 11.0 Å². The third kappa shape index (κ3) is 5.04. The second kappa shape index (κ2) is 9.42. The Bertz CT molecular complexity index is 1200. The lowest BCUT2D eigenvalue weighted by Crippen LogP contribution is -2.27. The van der Waals surface area contributed by atoms with Crippen LogP contribution < -0.4 is 15.1 Å². The predicted octanol–water partition coefficient (Wildman–Crippen LogP) is 5.80. The van der Waals surface area contributed by atoms with Crippen molar-refractivity contribution in [3.8, 4) is 0 Å². The maximum atomic E-state index is 12.8. The number of hydrogen-bond acceptors (Lipinski definition) is 4. The number of amides is 2. The van der Waals surface area contributed by atoms with Crippen molar-refractivity contribution in [3.63, 3.8) is 0 Å². The van der Waals surface area contributed by atoms with E-state index in [1.54, 1.807) is 23.1 Å². The molecule has 0 bridgehead atoms. The van der Waals surface area contributed by atoms with Crippen LogP contribution in [0, 0.1) is 0 Å². The topological polar surface area (TPSA) is 52.6 Å². The molecule has 2 amide bonds. The minimum absolute atomic E-state index is 0.00760. The van der Waals surface area contributed by atoms with Gasteiger partial charge >= 0.3 is 6.18 Å². The summed E-state index contributed by atoms with van der Waals surface area (Å²) in [4.78, 5) is 28.9. The number of carbonyl (C=O) groups is 2. The van der Waals surface area contributed by atoms with E-state index in [0.29, 0.717) is 11.4 Å². The van der Waals surface area contributed by atoms with Crippen molar-refractivity contribution < 1.29 is 22.8 Å². The van der Waals surface area contributed by atoms with E-state index in [0.717, 1.165) is 41.2 Å². The maximum absolute atomic E-state index is 12.8. The highest BCUT2D eigenvalue weighted by molar-refractivity contribution is 8.00. The van der Waals surface area contributed by atoms with Crippen molar-refractivity contribution in [1.29, 1.82) is 0 Å². The zero-order valence-electron chi connectivity index (χ0n) is 18.5. The van der Waals surface area contributed by atoms with E-state index >= 15 is 0 Å². The van der Waals surface area contributed by atoms with E-state index in [2.05, 4.69) is 5.32 Å². The number of nitrogens with zero attached hydrogens (tertiary/aromatic N) is 2. The van der Waals surface area contributed by atoms with Crippen LogP contribution in [0.1, 0.15) is 26.9 Å². The summed E-state index contributed by atoms with van der Waals surface area (Å²) in [6.45, 7) is 0. The van der Waals surface area contributed by atoms with Crippen LogP contribution >= 0.6 is 11.8 Å². The van der Waals surface area contributed by atoms with Gasteiger partial charge in [-0.1, -0.05) is 12.1 Å². The summed E-state index contributed by atoms with van der Waals surface area (Å²) in [5, 5.41) is 2.46. The number of benzene rings is 3. The highest BCUT2D eigenvalue weighted by Gasteiger charge is 2.34. The standard InChI is InChI=1S/C25H22F3N3O2S/c1-30(2)20-10-12-21(13-11-20)31-22(32)15-34-24(31)17-4-3-5-19(14-17)29-23(33)16-6-8-18(9-7-16)25(26,27)28/h3-14,24H,15H2,1-2H3,(H,29,33). The van der Waals surface area contributed by atoms with E-state index in [1.807, 2.05) is 49.3 Å². The van der Waals surface area contributed by atoms with E-state index in [-0.39, 0.29) is 16.8 Å². The molecule has 1 atom stereocenters. The van der Waals surface area contributed by atoms with Crippen molar-refractivity contribution in [3.05, 3.63) is 89.5 Å². The smallest absolute Gasteiger partial charge is 0.378 e. The number of nitrogens with one attached hydrogen (secondary N) is 1. The fourth-order valence-corrected chi connectivity index (χ4v) is 4.81. The molecule has 4 rings (SSSR count). The highest BCUT2D eigenvalue weighted by Crippen LogP contribution is 2.42. The summed E-state index contributed by atoms with van der Waals surface area (Å²) in [7, 11) is 3.89. The van der Waals surface area contributed by atoms with Gasteiger partial charge in [0.2, 0.25) is 5.91 Å². The summed E-state index contributed by atoms with van der Waals surface area (Å²) >= 11 is 1.49. The largest absolute Gasteiger partial charge is 0.416 e. The minimum atomic E-state index is -4.46. The number of rotatable bonds is 5. The Balaban J connectivity index is 1.53. The lowest BCUT2D eigenvalue weighted by molar-refractivity contribution is -0.137. The first-order chi connectivity index (χ1) is 16.1. The Kier molecular flexibility index (Phi) is 6.56. The number of hydrogen-bond donors (Lipinski definition) is 1. The third-order valence-corrected chi connectivity index (χ3v) is 6.63. The normalized spacial score (nSPS) is 16.0. The molecule has 3 aromatic rings. The van der Waals surface area contributed by atoms with Crippen LogP contribution in [0.3, 0.4) is 0 Å². The van der Waals surface area contributed by atoms with Gasteiger partial charge in [-0.05, 0) is 66.2 Å². The molecule has 9 heteroatoms. The van der Waals surface area contributed by atoms with Crippen LogP contribution in [0.15, 0.2) is 72.8 Å². The van der Waals surface area contributed by atoms with Gasteiger partial charge in [0, 0.05) is 36.7 Å². The van der Waals surface area contributed by atoms with Gasteiger partial charge in [0.05, 0.1) is 11.3 Å². The average molecular weight is 486 g/mol. The lowest BCUT2D eigenvalue weighted by Gasteiger charge is -2.25. The van der Waals surface area contributed by atoms with Crippen molar-refractivity contribution in [2.75, 3.05) is 35.0 Å². The van der Waals surface area contributed by atoms with Gasteiger partial charge in [-0.25, -0.2) is 0 Å². The number of anilines is 3. The number of thioether (sulfide) groups is 1. The van der Waals surface area contributed by atoms with E-state index in [1.165, 1.54) is 11.8 Å². The van der Waals surface area contributed by atoms with Crippen LogP contribution in [-0.4, -0.2) is 31.7 Å². The fraction of sp³-hybridized carbons (Fsp3) is 0.200. The van der Waals surface area contributed by atoms with Gasteiger partial charge < -0.3 is 10.2 Å². The second-order valence-electron chi connectivity index (χ2n) is 7.99. The SMILES string of the molecule is CN(C)c1ccc(N2C(=O)CSC2c2cccc(NC(=O)c3ccc(C(F)(F)F)cc3)c2)cc1. The van der Waals surface area contributed by atoms with Crippen molar-refractivity contribution in [1.82, 2.24) is 0 Å². The molecule has 176 valence electrons. The second-order valence-corrected chi connectivity index (χ2v) is 9.06. The van der Waals surface area contributed by atoms with Gasteiger partial charge in [0.1, 0.15) is 5.37 Å². The van der Waals surface area contributed by atoms with Gasteiger partial charge in [-0.3, -0.25) is 14.5 Å². The number of halogens is 3. The molecule has 1 fully saturated rings. The van der Waals surface area contributed by atoms with Crippen LogP contribution in [0.5, 0.6) is 0 Å². The molecule has 0 aromatic heterocycles. The molecular formula is C25H22F3N3O2S. The fourth-order valence-electron chi connectivity index (χ4n) is 3.65. The molecule has 0 radical (unpaired) electrons. The molecule has 0 saturated carbocycles. The molecule has 34 heavy (non-hydrogen) atoms. The van der Waals surface area contributed by atoms with Crippen LogP contribution in [0.2, 0.25) is 0 Å². The first-order valence-corrected chi connectivity index (χ1v) is 11.5.